The first-order valence-electron chi connectivity index (χ1n) is 8.36. The zero-order chi connectivity index (χ0) is 20.1. The van der Waals surface area contributed by atoms with E-state index in [1.54, 1.807) is 54.6 Å². The summed E-state index contributed by atoms with van der Waals surface area (Å²) in [5.41, 5.74) is 2.15. The van der Waals surface area contributed by atoms with Gasteiger partial charge < -0.3 is 25.6 Å². The normalized spacial score (nSPS) is 10.2. The Labute approximate surface area is 161 Å². The quantitative estimate of drug-likeness (QED) is 0.477. The molecule has 3 rings (SSSR count). The van der Waals surface area contributed by atoms with Gasteiger partial charge in [0.25, 0.3) is 0 Å². The molecule has 28 heavy (non-hydrogen) atoms. The van der Waals surface area contributed by atoms with E-state index in [1.165, 1.54) is 19.2 Å². The molecule has 0 aliphatic rings. The molecule has 7 nitrogen and oxygen atoms in total. The first-order valence-corrected chi connectivity index (χ1v) is 8.36. The number of carboxylic acids is 2. The highest BCUT2D eigenvalue weighted by Crippen LogP contribution is 2.34. The zero-order valence-corrected chi connectivity index (χ0v) is 15.0. The summed E-state index contributed by atoms with van der Waals surface area (Å²) < 4.78 is 5.26. The van der Waals surface area contributed by atoms with Crippen molar-refractivity contribution in [3.63, 3.8) is 0 Å². The maximum absolute atomic E-state index is 11.5. The van der Waals surface area contributed by atoms with Crippen molar-refractivity contribution in [2.45, 2.75) is 0 Å². The Balaban J connectivity index is 2.03. The lowest BCUT2D eigenvalue weighted by atomic mass is 10.1. The van der Waals surface area contributed by atoms with Gasteiger partial charge in [-0.05, 0) is 36.4 Å². The van der Waals surface area contributed by atoms with Crippen molar-refractivity contribution in [1.82, 2.24) is 0 Å². The van der Waals surface area contributed by atoms with Gasteiger partial charge in [-0.3, -0.25) is 0 Å². The Morgan fingerprint density at radius 2 is 1.21 bits per heavy atom. The Hall–Kier alpha value is -4.00. The second kappa shape index (κ2) is 8.13. The second-order valence-corrected chi connectivity index (χ2v) is 5.86. The molecule has 0 atom stereocenters. The van der Waals surface area contributed by atoms with Gasteiger partial charge in [-0.25, -0.2) is 9.59 Å². The van der Waals surface area contributed by atoms with E-state index in [2.05, 4.69) is 10.6 Å². The largest absolute Gasteiger partial charge is 0.497 e. The molecule has 0 unspecified atom stereocenters. The number of para-hydroxylation sites is 2. The molecule has 0 spiro atoms. The van der Waals surface area contributed by atoms with E-state index in [9.17, 15) is 19.8 Å². The average molecular weight is 378 g/mol. The van der Waals surface area contributed by atoms with E-state index < -0.39 is 11.9 Å². The van der Waals surface area contributed by atoms with Crippen LogP contribution < -0.4 is 15.4 Å². The monoisotopic (exact) mass is 378 g/mol. The molecule has 142 valence electrons. The number of carbonyl (C=O) groups is 2. The van der Waals surface area contributed by atoms with E-state index in [0.29, 0.717) is 28.5 Å². The molecule has 0 bridgehead atoms. The van der Waals surface area contributed by atoms with Gasteiger partial charge in [-0.2, -0.15) is 0 Å². The summed E-state index contributed by atoms with van der Waals surface area (Å²) in [5, 5.41) is 25.0. The number of hydrogen-bond donors (Lipinski definition) is 4. The molecule has 0 aliphatic heterocycles. The number of aromatic carboxylic acids is 2. The van der Waals surface area contributed by atoms with E-state index in [0.717, 1.165) is 0 Å². The topological polar surface area (TPSA) is 108 Å². The van der Waals surface area contributed by atoms with Gasteiger partial charge in [-0.15, -0.1) is 0 Å². The molecule has 0 saturated carbocycles. The van der Waals surface area contributed by atoms with E-state index in [1.807, 2.05) is 0 Å². The lowest BCUT2D eigenvalue weighted by molar-refractivity contribution is 0.0687. The number of methoxy groups -OCH3 is 1. The lowest BCUT2D eigenvalue weighted by Gasteiger charge is -2.17. The summed E-state index contributed by atoms with van der Waals surface area (Å²) in [5.74, 6) is -1.55. The minimum atomic E-state index is -1.06. The Morgan fingerprint density at radius 3 is 1.71 bits per heavy atom. The molecule has 0 radical (unpaired) electrons. The molecule has 0 aliphatic carbocycles. The number of rotatable bonds is 7. The standard InChI is InChI=1S/C21H18N2O5/c1-28-13-10-11-18(22-16-8-4-2-6-14(16)20(24)25)19(12-13)23-17-9-5-3-7-15(17)21(26)27/h2-12,22-23H,1H3,(H,24,25)(H,26,27). The predicted molar refractivity (Wildman–Crippen MR) is 106 cm³/mol. The molecule has 0 saturated heterocycles. The molecular formula is C21H18N2O5. The lowest BCUT2D eigenvalue weighted by Crippen LogP contribution is -2.06. The van der Waals surface area contributed by atoms with E-state index in [-0.39, 0.29) is 11.1 Å². The molecule has 3 aromatic rings. The average Bonchev–Trinajstić information content (AvgIpc) is 2.69. The highest BCUT2D eigenvalue weighted by atomic mass is 16.5. The van der Waals surface area contributed by atoms with Crippen molar-refractivity contribution in [3.8, 4) is 5.75 Å². The van der Waals surface area contributed by atoms with Crippen LogP contribution in [0.5, 0.6) is 5.75 Å². The predicted octanol–water partition coefficient (Wildman–Crippen LogP) is 4.58. The van der Waals surface area contributed by atoms with Crippen LogP contribution in [0, 0.1) is 0 Å². The number of nitrogens with one attached hydrogen (secondary N) is 2. The van der Waals surface area contributed by atoms with Crippen LogP contribution in [0.2, 0.25) is 0 Å². The van der Waals surface area contributed by atoms with Gasteiger partial charge in [0.15, 0.2) is 0 Å². The molecule has 0 aromatic heterocycles. The molecule has 3 aromatic carbocycles. The van der Waals surface area contributed by atoms with Crippen LogP contribution in [0.4, 0.5) is 22.7 Å². The summed E-state index contributed by atoms with van der Waals surface area (Å²) in [6, 6.07) is 18.2. The van der Waals surface area contributed by atoms with Gasteiger partial charge in [-0.1, -0.05) is 24.3 Å². The summed E-state index contributed by atoms with van der Waals surface area (Å²) >= 11 is 0. The molecule has 0 heterocycles. The SMILES string of the molecule is COc1ccc(Nc2ccccc2C(=O)O)c(Nc2ccccc2C(=O)O)c1. The zero-order valence-electron chi connectivity index (χ0n) is 15.0. The summed E-state index contributed by atoms with van der Waals surface area (Å²) in [4.78, 5) is 23.0. The Kier molecular flexibility index (Phi) is 5.45. The van der Waals surface area contributed by atoms with Crippen molar-refractivity contribution in [2.75, 3.05) is 17.7 Å². The highest BCUT2D eigenvalue weighted by molar-refractivity contribution is 5.98. The highest BCUT2D eigenvalue weighted by Gasteiger charge is 2.14. The van der Waals surface area contributed by atoms with Gasteiger partial charge in [0.1, 0.15) is 5.75 Å². The van der Waals surface area contributed by atoms with Crippen LogP contribution in [-0.4, -0.2) is 29.3 Å². The fraction of sp³-hybridized carbons (Fsp3) is 0.0476. The third-order valence-electron chi connectivity index (χ3n) is 4.08. The van der Waals surface area contributed by atoms with Crippen LogP contribution >= 0.6 is 0 Å². The molecular weight excluding hydrogens is 360 g/mol. The minimum absolute atomic E-state index is 0.113. The molecule has 0 fully saturated rings. The summed E-state index contributed by atoms with van der Waals surface area (Å²) in [7, 11) is 1.52. The van der Waals surface area contributed by atoms with Crippen LogP contribution in [-0.2, 0) is 0 Å². The Morgan fingerprint density at radius 1 is 0.714 bits per heavy atom. The van der Waals surface area contributed by atoms with Gasteiger partial charge in [0.2, 0.25) is 0 Å². The molecule has 4 N–H and O–H groups in total. The maximum atomic E-state index is 11.5. The number of anilines is 4. The molecule has 7 heteroatoms. The first kappa shape index (κ1) is 18.8. The first-order chi connectivity index (χ1) is 13.5. The van der Waals surface area contributed by atoms with Crippen LogP contribution in [0.25, 0.3) is 0 Å². The summed E-state index contributed by atoms with van der Waals surface area (Å²) in [6.45, 7) is 0. The van der Waals surface area contributed by atoms with Gasteiger partial charge in [0, 0.05) is 6.07 Å². The van der Waals surface area contributed by atoms with Crippen molar-refractivity contribution in [1.29, 1.82) is 0 Å². The third kappa shape index (κ3) is 4.04. The summed E-state index contributed by atoms with van der Waals surface area (Å²) in [6.07, 6.45) is 0. The van der Waals surface area contributed by atoms with Gasteiger partial charge in [0.05, 0.1) is 41.0 Å². The van der Waals surface area contributed by atoms with E-state index >= 15 is 0 Å². The minimum Gasteiger partial charge on any atom is -0.497 e. The fourth-order valence-corrected chi connectivity index (χ4v) is 2.71. The number of ether oxygens (including phenoxy) is 1. The van der Waals surface area contributed by atoms with Gasteiger partial charge >= 0.3 is 11.9 Å². The van der Waals surface area contributed by atoms with Crippen molar-refractivity contribution < 1.29 is 24.5 Å². The smallest absolute Gasteiger partial charge is 0.337 e. The third-order valence-corrected chi connectivity index (χ3v) is 4.08. The Bertz CT molecular complexity index is 1030. The van der Waals surface area contributed by atoms with E-state index in [4.69, 9.17) is 4.74 Å². The van der Waals surface area contributed by atoms with Crippen LogP contribution in [0.15, 0.2) is 66.7 Å². The van der Waals surface area contributed by atoms with Crippen molar-refractivity contribution >= 4 is 34.7 Å². The van der Waals surface area contributed by atoms with Crippen molar-refractivity contribution in [3.05, 3.63) is 77.9 Å². The maximum Gasteiger partial charge on any atom is 0.337 e. The van der Waals surface area contributed by atoms with Crippen LogP contribution in [0.3, 0.4) is 0 Å². The number of benzene rings is 3. The second-order valence-electron chi connectivity index (χ2n) is 5.86. The fourth-order valence-electron chi connectivity index (χ4n) is 2.71. The number of hydrogen-bond acceptors (Lipinski definition) is 5. The van der Waals surface area contributed by atoms with Crippen molar-refractivity contribution in [2.24, 2.45) is 0 Å². The molecule has 0 amide bonds. The number of carboxylic acid groups (broad SMARTS) is 2. The van der Waals surface area contributed by atoms with Crippen LogP contribution in [0.1, 0.15) is 20.7 Å².